The Labute approximate surface area is 207 Å². The number of aromatic hydroxyl groups is 2. The number of para-hydroxylation sites is 2. The molecule has 4 rings (SSSR count). The number of hydrogen-bond acceptors (Lipinski definition) is 6. The van der Waals surface area contributed by atoms with Crippen LogP contribution in [-0.4, -0.2) is 31.2 Å². The third kappa shape index (κ3) is 5.17. The van der Waals surface area contributed by atoms with E-state index in [0.29, 0.717) is 12.8 Å². The van der Waals surface area contributed by atoms with Gasteiger partial charge in [0.25, 0.3) is 11.8 Å². The molecule has 0 aliphatic rings. The van der Waals surface area contributed by atoms with Crippen molar-refractivity contribution in [3.63, 3.8) is 0 Å². The van der Waals surface area contributed by atoms with Crippen LogP contribution in [0, 0.1) is 0 Å². The zero-order chi connectivity index (χ0) is 25.7. The maximum Gasteiger partial charge on any atom is 0.264 e. The molecule has 0 saturated carbocycles. The van der Waals surface area contributed by atoms with Crippen LogP contribution in [0.25, 0.3) is 21.8 Å². The molecule has 10 nitrogen and oxygen atoms in total. The summed E-state index contributed by atoms with van der Waals surface area (Å²) >= 11 is 0. The smallest absolute Gasteiger partial charge is 0.264 e. The van der Waals surface area contributed by atoms with Crippen molar-refractivity contribution in [3.05, 3.63) is 48.5 Å². The highest BCUT2D eigenvalue weighted by atomic mass is 16.3. The van der Waals surface area contributed by atoms with E-state index in [4.69, 9.17) is 0 Å². The van der Waals surface area contributed by atoms with Crippen LogP contribution in [0.15, 0.2) is 69.0 Å². The molecule has 0 spiro atoms. The van der Waals surface area contributed by atoms with Crippen molar-refractivity contribution in [2.75, 3.05) is 0 Å². The van der Waals surface area contributed by atoms with Gasteiger partial charge in [0.1, 0.15) is 0 Å². The van der Waals surface area contributed by atoms with Gasteiger partial charge in [-0.1, -0.05) is 49.2 Å². The predicted octanol–water partition coefficient (Wildman–Crippen LogP) is 6.34. The minimum Gasteiger partial charge on any atom is -0.493 e. The summed E-state index contributed by atoms with van der Waals surface area (Å²) in [5.41, 5.74) is 2.18. The first-order chi connectivity index (χ1) is 17.4. The summed E-state index contributed by atoms with van der Waals surface area (Å²) in [7, 11) is 3.44. The van der Waals surface area contributed by atoms with Gasteiger partial charge in [0.15, 0.2) is 11.4 Å². The quantitative estimate of drug-likeness (QED) is 0.210. The van der Waals surface area contributed by atoms with Gasteiger partial charge in [-0.05, 0) is 25.0 Å². The second-order valence-electron chi connectivity index (χ2n) is 8.60. The van der Waals surface area contributed by atoms with E-state index in [-0.39, 0.29) is 47.8 Å². The number of carbonyl (C=O) groups is 2. The molecule has 0 unspecified atom stereocenters. The Morgan fingerprint density at radius 1 is 0.667 bits per heavy atom. The fourth-order valence-corrected chi connectivity index (χ4v) is 4.13. The summed E-state index contributed by atoms with van der Waals surface area (Å²) in [6.07, 6.45) is 3.24. The summed E-state index contributed by atoms with van der Waals surface area (Å²) < 4.78 is 3.19. The first-order valence-corrected chi connectivity index (χ1v) is 11.8. The van der Waals surface area contributed by atoms with Crippen LogP contribution >= 0.6 is 0 Å². The third-order valence-electron chi connectivity index (χ3n) is 6.15. The topological polar surface area (TPSA) is 134 Å². The van der Waals surface area contributed by atoms with E-state index >= 15 is 0 Å². The van der Waals surface area contributed by atoms with Crippen molar-refractivity contribution in [2.24, 2.45) is 34.6 Å². The molecule has 0 saturated heterocycles. The number of fused-ring (bicyclic) bond motifs is 2. The highest BCUT2D eigenvalue weighted by Crippen LogP contribution is 2.38. The van der Waals surface area contributed by atoms with Crippen LogP contribution < -0.4 is 0 Å². The Morgan fingerprint density at radius 3 is 1.47 bits per heavy atom. The lowest BCUT2D eigenvalue weighted by Crippen LogP contribution is -1.94. The minimum atomic E-state index is -0.359. The zero-order valence-electron chi connectivity index (χ0n) is 20.3. The Hall–Kier alpha value is -4.34. The number of aromatic nitrogens is 2. The molecular weight excluding hydrogens is 460 g/mol. The zero-order valence-corrected chi connectivity index (χ0v) is 20.3. The molecule has 2 heterocycles. The fourth-order valence-electron chi connectivity index (χ4n) is 4.13. The van der Waals surface area contributed by atoms with E-state index in [1.807, 2.05) is 48.5 Å². The van der Waals surface area contributed by atoms with Crippen LogP contribution in [0.4, 0.5) is 11.4 Å². The SMILES string of the molecule is Cn1c(O)c(N=NC(=O)CCCCCCC(=O)N=Nc2c(O)n(C)c3ccccc23)c2ccccc21. The van der Waals surface area contributed by atoms with Crippen LogP contribution in [0.1, 0.15) is 38.5 Å². The van der Waals surface area contributed by atoms with E-state index < -0.39 is 0 Å². The molecule has 4 aromatic rings. The summed E-state index contributed by atoms with van der Waals surface area (Å²) in [5.74, 6) is -0.792. The van der Waals surface area contributed by atoms with E-state index in [9.17, 15) is 19.8 Å². The predicted molar refractivity (Wildman–Crippen MR) is 136 cm³/mol. The van der Waals surface area contributed by atoms with Gasteiger partial charge in [0, 0.05) is 37.7 Å². The van der Waals surface area contributed by atoms with Crippen molar-refractivity contribution in [2.45, 2.75) is 38.5 Å². The van der Waals surface area contributed by atoms with Gasteiger partial charge in [0.05, 0.1) is 11.0 Å². The lowest BCUT2D eigenvalue weighted by Gasteiger charge is -1.98. The molecule has 2 amide bonds. The number of amides is 2. The molecular formula is C26H28N6O4. The first-order valence-electron chi connectivity index (χ1n) is 11.8. The van der Waals surface area contributed by atoms with E-state index in [2.05, 4.69) is 20.5 Å². The number of carbonyl (C=O) groups excluding carboxylic acids is 2. The van der Waals surface area contributed by atoms with Gasteiger partial charge in [-0.3, -0.25) is 9.59 Å². The Bertz CT molecular complexity index is 1370. The summed E-state index contributed by atoms with van der Waals surface area (Å²) in [6, 6.07) is 14.7. The number of benzene rings is 2. The van der Waals surface area contributed by atoms with E-state index in [1.165, 1.54) is 0 Å². The standard InChI is InChI=1S/C26H28N6O4/c1-31-19-13-9-7-11-17(19)23(25(31)35)29-27-21(33)15-5-3-4-6-16-22(34)28-30-24-18-12-8-10-14-20(18)32(2)26(24)36/h7-14,35-36H,3-6,15-16H2,1-2H3. The van der Waals surface area contributed by atoms with Crippen molar-refractivity contribution < 1.29 is 19.8 Å². The average molecular weight is 489 g/mol. The third-order valence-corrected chi connectivity index (χ3v) is 6.15. The van der Waals surface area contributed by atoms with Crippen molar-refractivity contribution in [1.82, 2.24) is 9.13 Å². The van der Waals surface area contributed by atoms with Gasteiger partial charge >= 0.3 is 0 Å². The average Bonchev–Trinajstić information content (AvgIpc) is 3.28. The fraction of sp³-hybridized carbons (Fsp3) is 0.308. The molecule has 0 bridgehead atoms. The number of unbranched alkanes of at least 4 members (excludes halogenated alkanes) is 3. The van der Waals surface area contributed by atoms with Gasteiger partial charge in [-0.15, -0.1) is 20.5 Å². The molecule has 0 fully saturated rings. The first kappa shape index (κ1) is 24.8. The maximum atomic E-state index is 12.1. The lowest BCUT2D eigenvalue weighted by molar-refractivity contribution is -0.119. The van der Waals surface area contributed by atoms with E-state index in [1.54, 1.807) is 23.2 Å². The number of nitrogens with zero attached hydrogens (tertiary/aromatic N) is 6. The molecule has 0 aliphatic heterocycles. The monoisotopic (exact) mass is 488 g/mol. The van der Waals surface area contributed by atoms with Crippen LogP contribution in [0.2, 0.25) is 0 Å². The van der Waals surface area contributed by atoms with Gasteiger partial charge in [-0.25, -0.2) is 0 Å². The second kappa shape index (κ2) is 10.9. The van der Waals surface area contributed by atoms with Crippen LogP contribution in [-0.2, 0) is 23.7 Å². The normalized spacial score (nSPS) is 11.9. The molecule has 0 radical (unpaired) electrons. The Morgan fingerprint density at radius 2 is 1.06 bits per heavy atom. The molecule has 10 heteroatoms. The summed E-state index contributed by atoms with van der Waals surface area (Å²) in [4.78, 5) is 24.2. The Balaban J connectivity index is 1.19. The van der Waals surface area contributed by atoms with Crippen molar-refractivity contribution >= 4 is 45.0 Å². The Kier molecular flexibility index (Phi) is 7.53. The number of azo groups is 2. The van der Waals surface area contributed by atoms with Gasteiger partial charge < -0.3 is 19.3 Å². The van der Waals surface area contributed by atoms with Crippen molar-refractivity contribution in [3.8, 4) is 11.8 Å². The van der Waals surface area contributed by atoms with Gasteiger partial charge in [0.2, 0.25) is 11.8 Å². The molecule has 2 aromatic heterocycles. The maximum absolute atomic E-state index is 12.1. The number of hydrogen-bond donors (Lipinski definition) is 2. The van der Waals surface area contributed by atoms with Crippen LogP contribution in [0.3, 0.4) is 0 Å². The molecule has 0 aliphatic carbocycles. The summed E-state index contributed by atoms with van der Waals surface area (Å²) in [6.45, 7) is 0. The molecule has 2 N–H and O–H groups in total. The highest BCUT2D eigenvalue weighted by molar-refractivity contribution is 5.96. The number of aryl methyl sites for hydroxylation is 2. The summed E-state index contributed by atoms with van der Waals surface area (Å²) in [5, 5.41) is 37.5. The van der Waals surface area contributed by atoms with Crippen LogP contribution in [0.5, 0.6) is 11.8 Å². The highest BCUT2D eigenvalue weighted by Gasteiger charge is 2.15. The van der Waals surface area contributed by atoms with Gasteiger partial charge in [-0.2, -0.15) is 0 Å². The minimum absolute atomic E-state index is 0.0368. The number of rotatable bonds is 9. The lowest BCUT2D eigenvalue weighted by atomic mass is 10.1. The molecule has 36 heavy (non-hydrogen) atoms. The molecule has 186 valence electrons. The molecule has 2 aromatic carbocycles. The largest absolute Gasteiger partial charge is 0.493 e. The van der Waals surface area contributed by atoms with Crippen molar-refractivity contribution in [1.29, 1.82) is 0 Å². The van der Waals surface area contributed by atoms with E-state index in [0.717, 1.165) is 34.6 Å². The molecule has 0 atom stereocenters. The second-order valence-corrected chi connectivity index (χ2v) is 8.60.